The van der Waals surface area contributed by atoms with Crippen LogP contribution in [-0.2, 0) is 4.74 Å². The summed E-state index contributed by atoms with van der Waals surface area (Å²) in [6.45, 7) is 6.58. The third-order valence-corrected chi connectivity index (χ3v) is 4.42. The molecule has 1 heterocycles. The Morgan fingerprint density at radius 2 is 1.78 bits per heavy atom. The van der Waals surface area contributed by atoms with E-state index in [4.69, 9.17) is 10.5 Å². The molecule has 8 nitrogen and oxygen atoms in total. The van der Waals surface area contributed by atoms with E-state index in [1.165, 1.54) is 25.1 Å². The van der Waals surface area contributed by atoms with Crippen LogP contribution in [0.4, 0.5) is 13.6 Å². The van der Waals surface area contributed by atoms with Crippen molar-refractivity contribution in [1.82, 2.24) is 14.9 Å². The molecular formula is C22H22F2N4O4. The Morgan fingerprint density at radius 1 is 1.16 bits per heavy atom. The number of nitrogens with one attached hydrogen (secondary N) is 1. The average Bonchev–Trinajstić information content (AvgIpc) is 2.64. The van der Waals surface area contributed by atoms with Crippen molar-refractivity contribution < 1.29 is 23.1 Å². The van der Waals surface area contributed by atoms with E-state index in [1.807, 2.05) is 0 Å². The second-order valence-corrected chi connectivity index (χ2v) is 8.17. The number of nitrogens with zero attached hydrogens (tertiary/aromatic N) is 2. The standard InChI is InChI=1S/C22H22F2N4O4/c1-11(26-21(31)32-22(2,3)4)19-27-16-7-5-6-15(18(25)29)17(16)20(30)28(19)14-9-12(23)8-13(24)10-14/h5-11H,1-4H3,(H2,25,29)(H,26,31)/t11-/m0/s1. The summed E-state index contributed by atoms with van der Waals surface area (Å²) in [6.07, 6.45) is -0.776. The van der Waals surface area contributed by atoms with Gasteiger partial charge in [0, 0.05) is 6.07 Å². The number of benzene rings is 2. The fourth-order valence-electron chi connectivity index (χ4n) is 3.21. The number of primary amides is 1. The summed E-state index contributed by atoms with van der Waals surface area (Å²) in [5, 5.41) is 2.45. The number of hydrogen-bond acceptors (Lipinski definition) is 5. The molecule has 2 amide bonds. The maximum Gasteiger partial charge on any atom is 0.408 e. The Hall–Kier alpha value is -3.82. The number of carbonyl (C=O) groups is 2. The largest absolute Gasteiger partial charge is 0.444 e. The summed E-state index contributed by atoms with van der Waals surface area (Å²) in [5.41, 5.74) is 3.72. The minimum absolute atomic E-state index is 0.0278. The molecule has 1 atom stereocenters. The summed E-state index contributed by atoms with van der Waals surface area (Å²) in [4.78, 5) is 42.0. The van der Waals surface area contributed by atoms with Gasteiger partial charge in [-0.2, -0.15) is 0 Å². The second-order valence-electron chi connectivity index (χ2n) is 8.17. The van der Waals surface area contributed by atoms with Crippen LogP contribution < -0.4 is 16.6 Å². The van der Waals surface area contributed by atoms with Crippen LogP contribution in [0.1, 0.15) is 49.9 Å². The fraction of sp³-hybridized carbons (Fsp3) is 0.273. The van der Waals surface area contributed by atoms with Crippen LogP contribution in [0, 0.1) is 11.6 Å². The van der Waals surface area contributed by atoms with E-state index in [2.05, 4.69) is 10.3 Å². The molecule has 0 aliphatic carbocycles. The summed E-state index contributed by atoms with van der Waals surface area (Å²) in [5.74, 6) is -2.73. The monoisotopic (exact) mass is 444 g/mol. The van der Waals surface area contributed by atoms with Gasteiger partial charge in [0.1, 0.15) is 23.1 Å². The third-order valence-electron chi connectivity index (χ3n) is 4.42. The first-order valence-electron chi connectivity index (χ1n) is 9.69. The Morgan fingerprint density at radius 3 is 2.34 bits per heavy atom. The molecule has 0 saturated heterocycles. The lowest BCUT2D eigenvalue weighted by atomic mass is 10.1. The first kappa shape index (κ1) is 22.9. The molecule has 0 bridgehead atoms. The predicted octanol–water partition coefficient (Wildman–Crippen LogP) is 3.35. The smallest absolute Gasteiger partial charge is 0.408 e. The van der Waals surface area contributed by atoms with Crippen molar-refractivity contribution >= 4 is 22.9 Å². The second kappa shape index (κ2) is 8.37. The van der Waals surface area contributed by atoms with E-state index in [0.717, 1.165) is 16.7 Å². The molecule has 0 aliphatic rings. The number of aromatic nitrogens is 2. The molecule has 1 aromatic heterocycles. The summed E-state index contributed by atoms with van der Waals surface area (Å²) in [7, 11) is 0. The quantitative estimate of drug-likeness (QED) is 0.640. The minimum atomic E-state index is -0.922. The highest BCUT2D eigenvalue weighted by atomic mass is 19.1. The molecule has 3 aromatic rings. The Labute approximate surface area is 182 Å². The van der Waals surface area contributed by atoms with Crippen molar-refractivity contribution in [1.29, 1.82) is 0 Å². The van der Waals surface area contributed by atoms with Crippen LogP contribution in [0.15, 0.2) is 41.2 Å². The van der Waals surface area contributed by atoms with E-state index in [-0.39, 0.29) is 28.0 Å². The number of nitrogens with two attached hydrogens (primary N) is 1. The Bertz CT molecular complexity index is 1260. The zero-order valence-corrected chi connectivity index (χ0v) is 17.9. The van der Waals surface area contributed by atoms with Gasteiger partial charge in [0.25, 0.3) is 5.56 Å². The lowest BCUT2D eigenvalue weighted by Crippen LogP contribution is -2.37. The van der Waals surface area contributed by atoms with Crippen molar-refractivity contribution in [3.63, 3.8) is 0 Å². The van der Waals surface area contributed by atoms with Gasteiger partial charge in [0.05, 0.1) is 28.2 Å². The van der Waals surface area contributed by atoms with E-state index in [1.54, 1.807) is 20.8 Å². The fourth-order valence-corrected chi connectivity index (χ4v) is 3.21. The van der Waals surface area contributed by atoms with Crippen molar-refractivity contribution in [2.45, 2.75) is 39.3 Å². The highest BCUT2D eigenvalue weighted by Gasteiger charge is 2.24. The topological polar surface area (TPSA) is 116 Å². The van der Waals surface area contributed by atoms with Crippen LogP contribution in [-0.4, -0.2) is 27.2 Å². The van der Waals surface area contributed by atoms with Gasteiger partial charge in [-0.1, -0.05) is 6.07 Å². The zero-order valence-electron chi connectivity index (χ0n) is 17.9. The molecule has 32 heavy (non-hydrogen) atoms. The van der Waals surface area contributed by atoms with Crippen LogP contribution in [0.5, 0.6) is 0 Å². The number of fused-ring (bicyclic) bond motifs is 1. The first-order chi connectivity index (χ1) is 14.9. The average molecular weight is 444 g/mol. The normalized spacial score (nSPS) is 12.4. The molecule has 0 fully saturated rings. The van der Waals surface area contributed by atoms with Gasteiger partial charge in [-0.05, 0) is 52.0 Å². The van der Waals surface area contributed by atoms with Crippen LogP contribution in [0.3, 0.4) is 0 Å². The van der Waals surface area contributed by atoms with Gasteiger partial charge in [-0.3, -0.25) is 14.2 Å². The molecule has 168 valence electrons. The van der Waals surface area contributed by atoms with Crippen molar-refractivity contribution in [2.75, 3.05) is 0 Å². The molecule has 10 heteroatoms. The summed E-state index contributed by atoms with van der Waals surface area (Å²) < 4.78 is 34.1. The van der Waals surface area contributed by atoms with Gasteiger partial charge < -0.3 is 15.8 Å². The zero-order chi connectivity index (χ0) is 23.8. The maximum absolute atomic E-state index is 14.0. The van der Waals surface area contributed by atoms with E-state index < -0.39 is 40.8 Å². The summed E-state index contributed by atoms with van der Waals surface area (Å²) in [6, 6.07) is 5.96. The maximum atomic E-state index is 14.0. The third kappa shape index (κ3) is 4.74. The molecule has 0 saturated carbocycles. The van der Waals surface area contributed by atoms with E-state index in [0.29, 0.717) is 6.07 Å². The van der Waals surface area contributed by atoms with Crippen LogP contribution in [0.25, 0.3) is 16.6 Å². The number of alkyl carbamates (subject to hydrolysis) is 1. The highest BCUT2D eigenvalue weighted by Crippen LogP contribution is 2.22. The van der Waals surface area contributed by atoms with Crippen molar-refractivity contribution in [2.24, 2.45) is 5.73 Å². The van der Waals surface area contributed by atoms with Gasteiger partial charge in [0.15, 0.2) is 0 Å². The molecule has 0 aliphatic heterocycles. The van der Waals surface area contributed by atoms with Crippen molar-refractivity contribution in [3.05, 3.63) is 69.8 Å². The van der Waals surface area contributed by atoms with Gasteiger partial charge in [0.2, 0.25) is 5.91 Å². The Kier molecular flexibility index (Phi) is 5.98. The van der Waals surface area contributed by atoms with Gasteiger partial charge >= 0.3 is 6.09 Å². The minimum Gasteiger partial charge on any atom is -0.444 e. The first-order valence-corrected chi connectivity index (χ1v) is 9.69. The number of amides is 2. The molecule has 3 rings (SSSR count). The van der Waals surface area contributed by atoms with Gasteiger partial charge in [-0.25, -0.2) is 18.6 Å². The summed E-state index contributed by atoms with van der Waals surface area (Å²) >= 11 is 0. The SMILES string of the molecule is C[C@H](NC(=O)OC(C)(C)C)c1nc2cccc(C(N)=O)c2c(=O)n1-c1cc(F)cc(F)c1. The number of halogens is 2. The number of carbonyl (C=O) groups excluding carboxylic acids is 2. The van der Waals surface area contributed by atoms with Gasteiger partial charge in [-0.15, -0.1) is 0 Å². The van der Waals surface area contributed by atoms with Crippen LogP contribution >= 0.6 is 0 Å². The highest BCUT2D eigenvalue weighted by molar-refractivity contribution is 6.05. The molecule has 0 unspecified atom stereocenters. The molecular weight excluding hydrogens is 422 g/mol. The molecule has 0 spiro atoms. The molecule has 0 radical (unpaired) electrons. The predicted molar refractivity (Wildman–Crippen MR) is 114 cm³/mol. The van der Waals surface area contributed by atoms with Crippen molar-refractivity contribution in [3.8, 4) is 5.69 Å². The number of rotatable bonds is 4. The lowest BCUT2D eigenvalue weighted by Gasteiger charge is -2.23. The molecule has 2 aromatic carbocycles. The number of hydrogen-bond donors (Lipinski definition) is 2. The van der Waals surface area contributed by atoms with Crippen LogP contribution in [0.2, 0.25) is 0 Å². The van der Waals surface area contributed by atoms with E-state index in [9.17, 15) is 23.2 Å². The lowest BCUT2D eigenvalue weighted by molar-refractivity contribution is 0.0505. The molecule has 3 N–H and O–H groups in total. The Balaban J connectivity index is 2.28. The number of ether oxygens (including phenoxy) is 1. The van der Waals surface area contributed by atoms with E-state index >= 15 is 0 Å².